The SMILES string of the molecule is O=C(O)c1c(Oc2cc(C(F)(F)F)ccc2-c2ccc(C(F)(F)F)cc2)ccc(C(F)(F)F)c1C(=O)O. The lowest BCUT2D eigenvalue weighted by Gasteiger charge is -2.19. The van der Waals surface area contributed by atoms with E-state index in [2.05, 4.69) is 0 Å². The average molecular weight is 538 g/mol. The number of halogens is 9. The molecule has 14 heteroatoms. The van der Waals surface area contributed by atoms with Crippen LogP contribution in [0.3, 0.4) is 0 Å². The van der Waals surface area contributed by atoms with Gasteiger partial charge in [-0.05, 0) is 42.0 Å². The van der Waals surface area contributed by atoms with Crippen molar-refractivity contribution in [1.82, 2.24) is 0 Å². The van der Waals surface area contributed by atoms with Crippen molar-refractivity contribution >= 4 is 11.9 Å². The van der Waals surface area contributed by atoms with Gasteiger partial charge in [0.1, 0.15) is 17.1 Å². The van der Waals surface area contributed by atoms with Crippen LogP contribution in [0.5, 0.6) is 11.5 Å². The topological polar surface area (TPSA) is 83.8 Å². The number of alkyl halides is 9. The molecule has 2 N–H and O–H groups in total. The Balaban J connectivity index is 2.25. The molecule has 37 heavy (non-hydrogen) atoms. The van der Waals surface area contributed by atoms with Gasteiger partial charge in [0.2, 0.25) is 0 Å². The summed E-state index contributed by atoms with van der Waals surface area (Å²) in [6.45, 7) is 0. The van der Waals surface area contributed by atoms with Gasteiger partial charge in [-0.3, -0.25) is 0 Å². The first-order valence-electron chi connectivity index (χ1n) is 9.68. The molecule has 0 atom stereocenters. The number of ether oxygens (including phenoxy) is 1. The van der Waals surface area contributed by atoms with E-state index >= 15 is 0 Å². The Morgan fingerprint density at radius 3 is 1.57 bits per heavy atom. The summed E-state index contributed by atoms with van der Waals surface area (Å²) in [7, 11) is 0. The third-order valence-electron chi connectivity index (χ3n) is 4.95. The van der Waals surface area contributed by atoms with Gasteiger partial charge in [0.05, 0.1) is 22.3 Å². The zero-order valence-electron chi connectivity index (χ0n) is 17.7. The molecule has 0 saturated carbocycles. The lowest BCUT2D eigenvalue weighted by molar-refractivity contribution is -0.138. The number of carbonyl (C=O) groups is 2. The van der Waals surface area contributed by atoms with E-state index in [1.807, 2.05) is 0 Å². The van der Waals surface area contributed by atoms with Crippen LogP contribution in [-0.4, -0.2) is 22.2 Å². The van der Waals surface area contributed by atoms with Crippen LogP contribution in [-0.2, 0) is 18.5 Å². The second kappa shape index (κ2) is 9.33. The standard InChI is InChI=1S/C23H11F9O5/c24-21(25,26)11-3-1-10(2-4-11)13-6-5-12(22(27,28)29)9-16(13)37-15-8-7-14(23(30,31)32)17(19(33)34)18(15)20(35)36/h1-9H,(H,33,34)(H,35,36). The molecule has 3 aromatic carbocycles. The molecule has 0 heterocycles. The van der Waals surface area contributed by atoms with Crippen molar-refractivity contribution in [3.05, 3.63) is 82.4 Å². The first-order valence-corrected chi connectivity index (χ1v) is 9.68. The average Bonchev–Trinajstić information content (AvgIpc) is 2.76. The third kappa shape index (κ3) is 5.78. The van der Waals surface area contributed by atoms with E-state index in [1.54, 1.807) is 0 Å². The summed E-state index contributed by atoms with van der Waals surface area (Å²) >= 11 is 0. The van der Waals surface area contributed by atoms with Gasteiger partial charge in [-0.1, -0.05) is 18.2 Å². The van der Waals surface area contributed by atoms with Gasteiger partial charge >= 0.3 is 30.5 Å². The van der Waals surface area contributed by atoms with E-state index in [0.717, 1.165) is 18.2 Å². The first-order chi connectivity index (χ1) is 16.9. The highest BCUT2D eigenvalue weighted by Gasteiger charge is 2.40. The first kappa shape index (κ1) is 27.4. The zero-order valence-corrected chi connectivity index (χ0v) is 17.7. The van der Waals surface area contributed by atoms with Crippen LogP contribution in [0.1, 0.15) is 37.4 Å². The van der Waals surface area contributed by atoms with Crippen LogP contribution < -0.4 is 4.74 Å². The fourth-order valence-electron chi connectivity index (χ4n) is 3.32. The summed E-state index contributed by atoms with van der Waals surface area (Å²) in [5.41, 5.74) is -7.93. The number of hydrogen-bond donors (Lipinski definition) is 2. The predicted octanol–water partition coefficient (Wildman–Crippen LogP) is 7.60. The largest absolute Gasteiger partial charge is 0.478 e. The molecule has 0 bridgehead atoms. The summed E-state index contributed by atoms with van der Waals surface area (Å²) in [5, 5.41) is 18.7. The summed E-state index contributed by atoms with van der Waals surface area (Å²) < 4.78 is 124. The molecule has 3 rings (SSSR count). The smallest absolute Gasteiger partial charge is 0.417 e. The lowest BCUT2D eigenvalue weighted by Crippen LogP contribution is -2.18. The number of benzene rings is 3. The molecule has 0 aliphatic rings. The van der Waals surface area contributed by atoms with Gasteiger partial charge in [-0.25, -0.2) is 9.59 Å². The fraction of sp³-hybridized carbons (Fsp3) is 0.130. The molecular formula is C23H11F9O5. The lowest BCUT2D eigenvalue weighted by atomic mass is 9.98. The van der Waals surface area contributed by atoms with Crippen molar-refractivity contribution in [1.29, 1.82) is 0 Å². The molecule has 0 fully saturated rings. The van der Waals surface area contributed by atoms with Gasteiger partial charge in [0.15, 0.2) is 0 Å². The molecule has 196 valence electrons. The molecule has 0 radical (unpaired) electrons. The summed E-state index contributed by atoms with van der Waals surface area (Å²) in [4.78, 5) is 23.3. The van der Waals surface area contributed by atoms with E-state index in [1.165, 1.54) is 0 Å². The molecule has 0 aliphatic carbocycles. The number of carboxylic acids is 2. The molecule has 0 aliphatic heterocycles. The molecule has 0 unspecified atom stereocenters. The van der Waals surface area contributed by atoms with Gasteiger partial charge in [-0.2, -0.15) is 39.5 Å². The van der Waals surface area contributed by atoms with Crippen molar-refractivity contribution in [3.8, 4) is 22.6 Å². The summed E-state index contributed by atoms with van der Waals surface area (Å²) in [5.74, 6) is -6.36. The van der Waals surface area contributed by atoms with Gasteiger partial charge in [-0.15, -0.1) is 0 Å². The molecule has 0 amide bonds. The van der Waals surface area contributed by atoms with Gasteiger partial charge in [0.25, 0.3) is 0 Å². The molecule has 0 spiro atoms. The van der Waals surface area contributed by atoms with Crippen LogP contribution in [0.25, 0.3) is 11.1 Å². The second-order valence-corrected chi connectivity index (χ2v) is 7.36. The van der Waals surface area contributed by atoms with Crippen molar-refractivity contribution in [2.75, 3.05) is 0 Å². The predicted molar refractivity (Wildman–Crippen MR) is 107 cm³/mol. The van der Waals surface area contributed by atoms with E-state index in [0.29, 0.717) is 30.3 Å². The molecule has 0 aromatic heterocycles. The Kier molecular flexibility index (Phi) is 6.90. The van der Waals surface area contributed by atoms with Crippen LogP contribution in [0.4, 0.5) is 39.5 Å². The molecule has 0 saturated heterocycles. The normalized spacial score (nSPS) is 12.4. The van der Waals surface area contributed by atoms with Crippen LogP contribution in [0, 0.1) is 0 Å². The zero-order chi connectivity index (χ0) is 27.9. The minimum Gasteiger partial charge on any atom is -0.478 e. The molecule has 3 aromatic rings. The fourth-order valence-corrected chi connectivity index (χ4v) is 3.32. The van der Waals surface area contributed by atoms with Crippen molar-refractivity contribution in [3.63, 3.8) is 0 Å². The van der Waals surface area contributed by atoms with E-state index < -0.39 is 69.8 Å². The van der Waals surface area contributed by atoms with Crippen molar-refractivity contribution in [2.45, 2.75) is 18.5 Å². The minimum atomic E-state index is -5.31. The highest BCUT2D eigenvalue weighted by Crippen LogP contribution is 2.43. The monoisotopic (exact) mass is 538 g/mol. The van der Waals surface area contributed by atoms with Gasteiger partial charge < -0.3 is 14.9 Å². The highest BCUT2D eigenvalue weighted by molar-refractivity contribution is 6.05. The highest BCUT2D eigenvalue weighted by atomic mass is 19.4. The Morgan fingerprint density at radius 1 is 0.595 bits per heavy atom. The minimum absolute atomic E-state index is 0.126. The van der Waals surface area contributed by atoms with E-state index in [-0.39, 0.29) is 17.2 Å². The Morgan fingerprint density at radius 2 is 1.11 bits per heavy atom. The van der Waals surface area contributed by atoms with Gasteiger partial charge in [0, 0.05) is 5.56 Å². The Labute approximate surface area is 200 Å². The van der Waals surface area contributed by atoms with Crippen molar-refractivity contribution in [2.24, 2.45) is 0 Å². The second-order valence-electron chi connectivity index (χ2n) is 7.36. The van der Waals surface area contributed by atoms with Crippen LogP contribution in [0.15, 0.2) is 54.6 Å². The number of carboxylic acid groups (broad SMARTS) is 2. The Bertz CT molecular complexity index is 1360. The quantitative estimate of drug-likeness (QED) is 0.327. The van der Waals surface area contributed by atoms with Crippen LogP contribution >= 0.6 is 0 Å². The maximum Gasteiger partial charge on any atom is 0.417 e. The maximum atomic E-state index is 13.3. The number of aromatic carboxylic acids is 2. The van der Waals surface area contributed by atoms with E-state index in [9.17, 15) is 59.3 Å². The Hall–Kier alpha value is -4.23. The molecular weight excluding hydrogens is 527 g/mol. The maximum absolute atomic E-state index is 13.3. The third-order valence-corrected chi connectivity index (χ3v) is 4.95. The van der Waals surface area contributed by atoms with Crippen molar-refractivity contribution < 1.29 is 64.1 Å². The summed E-state index contributed by atoms with van der Waals surface area (Å²) in [6, 6.07) is 5.26. The molecule has 5 nitrogen and oxygen atoms in total. The summed E-state index contributed by atoms with van der Waals surface area (Å²) in [6.07, 6.45) is -15.0. The number of rotatable bonds is 5. The number of hydrogen-bond acceptors (Lipinski definition) is 3. The van der Waals surface area contributed by atoms with Crippen LogP contribution in [0.2, 0.25) is 0 Å². The van der Waals surface area contributed by atoms with E-state index in [4.69, 9.17) is 4.74 Å².